The van der Waals surface area contributed by atoms with Gasteiger partial charge in [0.05, 0.1) is 7.11 Å². The molecule has 6 nitrogen and oxygen atoms in total. The van der Waals surface area contributed by atoms with Crippen molar-refractivity contribution in [3.63, 3.8) is 0 Å². The highest BCUT2D eigenvalue weighted by Crippen LogP contribution is 2.38. The van der Waals surface area contributed by atoms with E-state index in [0.717, 1.165) is 18.4 Å². The number of nitrogens with zero attached hydrogens (tertiary/aromatic N) is 1. The molecule has 0 amide bonds. The predicted octanol–water partition coefficient (Wildman–Crippen LogP) is 2.01. The molecule has 3 rings (SSSR count). The highest BCUT2D eigenvalue weighted by molar-refractivity contribution is 5.90. The van der Waals surface area contributed by atoms with Gasteiger partial charge in [-0.05, 0) is 18.4 Å². The van der Waals surface area contributed by atoms with Gasteiger partial charge in [-0.3, -0.25) is 4.79 Å². The van der Waals surface area contributed by atoms with Gasteiger partial charge >= 0.3 is 5.97 Å². The first kappa shape index (κ1) is 14.3. The topological polar surface area (TPSA) is 81.3 Å². The van der Waals surface area contributed by atoms with E-state index in [1.54, 1.807) is 0 Å². The summed E-state index contributed by atoms with van der Waals surface area (Å²) in [7, 11) is 1.25. The minimum Gasteiger partial charge on any atom is -0.481 e. The van der Waals surface area contributed by atoms with E-state index in [1.807, 2.05) is 30.3 Å². The van der Waals surface area contributed by atoms with Crippen LogP contribution < -0.4 is 10.3 Å². The second-order valence-electron chi connectivity index (χ2n) is 5.17. The van der Waals surface area contributed by atoms with Crippen LogP contribution in [0, 0.1) is 0 Å². The predicted molar refractivity (Wildman–Crippen MR) is 78.9 cm³/mol. The number of hydrogen-bond donors (Lipinski definition) is 1. The average Bonchev–Trinajstić information content (AvgIpc) is 3.38. The Bertz CT molecular complexity index is 736. The first-order valence-corrected chi connectivity index (χ1v) is 7.08. The zero-order valence-corrected chi connectivity index (χ0v) is 12.2. The van der Waals surface area contributed by atoms with Gasteiger partial charge in [-0.1, -0.05) is 30.3 Å². The highest BCUT2D eigenvalue weighted by atomic mass is 16.5. The van der Waals surface area contributed by atoms with Gasteiger partial charge in [0, 0.05) is 5.92 Å². The fourth-order valence-electron chi connectivity index (χ4n) is 2.13. The molecule has 1 fully saturated rings. The van der Waals surface area contributed by atoms with E-state index in [0.29, 0.717) is 5.82 Å². The van der Waals surface area contributed by atoms with Crippen LogP contribution in [0.25, 0.3) is 0 Å². The SMILES string of the molecule is COC(=O)c1nc(C2CC2)[nH]c(=O)c1OCc1ccccc1. The summed E-state index contributed by atoms with van der Waals surface area (Å²) in [5, 5.41) is 0. The third kappa shape index (κ3) is 3.00. The Hall–Kier alpha value is -2.63. The van der Waals surface area contributed by atoms with Crippen molar-refractivity contribution in [1.29, 1.82) is 0 Å². The Morgan fingerprint density at radius 1 is 1.32 bits per heavy atom. The van der Waals surface area contributed by atoms with E-state index in [4.69, 9.17) is 9.47 Å². The maximum absolute atomic E-state index is 12.2. The van der Waals surface area contributed by atoms with E-state index in [-0.39, 0.29) is 24.0 Å². The third-order valence-corrected chi connectivity index (χ3v) is 3.46. The molecule has 0 bridgehead atoms. The molecule has 1 saturated carbocycles. The van der Waals surface area contributed by atoms with E-state index < -0.39 is 11.5 Å². The summed E-state index contributed by atoms with van der Waals surface area (Å²) >= 11 is 0. The maximum Gasteiger partial charge on any atom is 0.360 e. The molecule has 1 N–H and O–H groups in total. The number of esters is 1. The lowest BCUT2D eigenvalue weighted by Gasteiger charge is -2.10. The Labute approximate surface area is 127 Å². The molecular formula is C16H16N2O4. The Morgan fingerprint density at radius 3 is 2.68 bits per heavy atom. The summed E-state index contributed by atoms with van der Waals surface area (Å²) in [5.41, 5.74) is 0.376. The maximum atomic E-state index is 12.2. The number of benzene rings is 1. The van der Waals surface area contributed by atoms with Gasteiger partial charge in [-0.25, -0.2) is 9.78 Å². The minimum absolute atomic E-state index is 0.0657. The first-order chi connectivity index (χ1) is 10.7. The molecule has 0 spiro atoms. The molecule has 1 aliphatic rings. The molecule has 22 heavy (non-hydrogen) atoms. The van der Waals surface area contributed by atoms with Crippen LogP contribution in [0.5, 0.6) is 5.75 Å². The minimum atomic E-state index is -0.670. The second-order valence-corrected chi connectivity index (χ2v) is 5.17. The first-order valence-electron chi connectivity index (χ1n) is 7.08. The van der Waals surface area contributed by atoms with E-state index >= 15 is 0 Å². The van der Waals surface area contributed by atoms with Crippen molar-refractivity contribution in [2.24, 2.45) is 0 Å². The molecule has 114 valence electrons. The normalized spacial score (nSPS) is 13.7. The number of H-pyrrole nitrogens is 1. The van der Waals surface area contributed by atoms with Crippen LogP contribution in [-0.2, 0) is 11.3 Å². The van der Waals surface area contributed by atoms with E-state index in [9.17, 15) is 9.59 Å². The van der Waals surface area contributed by atoms with Crippen LogP contribution in [0.4, 0.5) is 0 Å². The van der Waals surface area contributed by atoms with Gasteiger partial charge in [-0.15, -0.1) is 0 Å². The van der Waals surface area contributed by atoms with Gasteiger partial charge in [0.25, 0.3) is 5.56 Å². The lowest BCUT2D eigenvalue weighted by atomic mass is 10.2. The molecule has 1 aliphatic carbocycles. The fraction of sp³-hybridized carbons (Fsp3) is 0.312. The monoisotopic (exact) mass is 300 g/mol. The molecule has 0 unspecified atom stereocenters. The van der Waals surface area contributed by atoms with Crippen molar-refractivity contribution in [2.45, 2.75) is 25.4 Å². The molecule has 1 heterocycles. The Kier molecular flexibility index (Phi) is 3.91. The molecule has 0 radical (unpaired) electrons. The lowest BCUT2D eigenvalue weighted by molar-refractivity contribution is 0.0587. The lowest BCUT2D eigenvalue weighted by Crippen LogP contribution is -2.21. The van der Waals surface area contributed by atoms with Crippen molar-refractivity contribution >= 4 is 5.97 Å². The molecule has 1 aromatic heterocycles. The summed E-state index contributed by atoms with van der Waals surface area (Å²) in [5.74, 6) is -0.0205. The number of carbonyl (C=O) groups is 1. The van der Waals surface area contributed by atoms with Crippen molar-refractivity contribution in [1.82, 2.24) is 9.97 Å². The van der Waals surface area contributed by atoms with Crippen LogP contribution in [0.1, 0.15) is 40.6 Å². The van der Waals surface area contributed by atoms with Gasteiger partial charge in [0.1, 0.15) is 12.4 Å². The van der Waals surface area contributed by atoms with Crippen LogP contribution >= 0.6 is 0 Å². The number of methoxy groups -OCH3 is 1. The fourth-order valence-corrected chi connectivity index (χ4v) is 2.13. The smallest absolute Gasteiger partial charge is 0.360 e. The quantitative estimate of drug-likeness (QED) is 0.854. The van der Waals surface area contributed by atoms with Crippen molar-refractivity contribution in [2.75, 3.05) is 7.11 Å². The van der Waals surface area contributed by atoms with Crippen LogP contribution in [0.2, 0.25) is 0 Å². The Morgan fingerprint density at radius 2 is 2.05 bits per heavy atom. The van der Waals surface area contributed by atoms with Gasteiger partial charge in [0.2, 0.25) is 5.75 Å². The average molecular weight is 300 g/mol. The summed E-state index contributed by atoms with van der Waals surface area (Å²) in [6.45, 7) is 0.179. The van der Waals surface area contributed by atoms with Gasteiger partial charge in [0.15, 0.2) is 5.69 Å². The molecule has 2 aromatic rings. The largest absolute Gasteiger partial charge is 0.481 e. The number of aromatic nitrogens is 2. The zero-order valence-electron chi connectivity index (χ0n) is 12.2. The molecule has 0 aliphatic heterocycles. The van der Waals surface area contributed by atoms with Gasteiger partial charge in [-0.2, -0.15) is 0 Å². The highest BCUT2D eigenvalue weighted by Gasteiger charge is 2.29. The third-order valence-electron chi connectivity index (χ3n) is 3.46. The summed E-state index contributed by atoms with van der Waals surface area (Å²) in [6, 6.07) is 9.38. The Balaban J connectivity index is 1.91. The molecule has 1 aromatic carbocycles. The molecular weight excluding hydrogens is 284 g/mol. The zero-order chi connectivity index (χ0) is 15.5. The standard InChI is InChI=1S/C16H16N2O4/c1-21-16(20)12-13(22-9-10-5-3-2-4-6-10)15(19)18-14(17-12)11-7-8-11/h2-6,11H,7-9H2,1H3,(H,17,18,19). The summed E-state index contributed by atoms with van der Waals surface area (Å²) in [6.07, 6.45) is 1.93. The van der Waals surface area contributed by atoms with Gasteiger partial charge < -0.3 is 14.5 Å². The van der Waals surface area contributed by atoms with Crippen molar-refractivity contribution in [3.05, 3.63) is 57.8 Å². The molecule has 0 saturated heterocycles. The number of nitrogens with one attached hydrogen (secondary N) is 1. The van der Waals surface area contributed by atoms with E-state index in [1.165, 1.54) is 7.11 Å². The summed E-state index contributed by atoms with van der Waals surface area (Å²) < 4.78 is 10.2. The second kappa shape index (κ2) is 6.01. The van der Waals surface area contributed by atoms with Crippen LogP contribution in [0.3, 0.4) is 0 Å². The van der Waals surface area contributed by atoms with Crippen LogP contribution in [-0.4, -0.2) is 23.0 Å². The number of carbonyl (C=O) groups excluding carboxylic acids is 1. The number of rotatable bonds is 5. The van der Waals surface area contributed by atoms with Crippen molar-refractivity contribution < 1.29 is 14.3 Å². The molecule has 0 atom stereocenters. The molecule has 6 heteroatoms. The number of aromatic amines is 1. The van der Waals surface area contributed by atoms with Crippen molar-refractivity contribution in [3.8, 4) is 5.75 Å². The van der Waals surface area contributed by atoms with Crippen LogP contribution in [0.15, 0.2) is 35.1 Å². The summed E-state index contributed by atoms with van der Waals surface area (Å²) in [4.78, 5) is 31.0. The number of hydrogen-bond acceptors (Lipinski definition) is 5. The number of ether oxygens (including phenoxy) is 2. The van der Waals surface area contributed by atoms with E-state index in [2.05, 4.69) is 9.97 Å².